The Labute approximate surface area is 278 Å². The van der Waals surface area contributed by atoms with Crippen LogP contribution in [0.1, 0.15) is 98.1 Å². The van der Waals surface area contributed by atoms with Gasteiger partial charge in [-0.15, -0.1) is 0 Å². The monoisotopic (exact) mass is 660 g/mol. The number of carboxylic acid groups (broad SMARTS) is 1. The molecule has 1 aliphatic heterocycles. The van der Waals surface area contributed by atoms with Gasteiger partial charge in [-0.1, -0.05) is 66.3 Å². The molecule has 1 aromatic heterocycles. The second kappa shape index (κ2) is 15.2. The molecule has 2 aromatic rings. The molecule has 1 radical (unpaired) electrons. The molecule has 2 heterocycles. The van der Waals surface area contributed by atoms with Crippen molar-refractivity contribution >= 4 is 29.3 Å². The molecule has 2 aliphatic carbocycles. The van der Waals surface area contributed by atoms with Crippen LogP contribution in [0.15, 0.2) is 23.0 Å². The summed E-state index contributed by atoms with van der Waals surface area (Å²) in [5.74, 6) is 2.42. The van der Waals surface area contributed by atoms with E-state index in [0.29, 0.717) is 6.54 Å². The fraction of sp³-hybridized carbons (Fsp3) is 0.676. The number of hydrogen-bond acceptors (Lipinski definition) is 6. The molecule has 2 saturated carbocycles. The van der Waals surface area contributed by atoms with Crippen LogP contribution in [0.3, 0.4) is 0 Å². The molecule has 2 amide bonds. The van der Waals surface area contributed by atoms with Crippen molar-refractivity contribution in [2.45, 2.75) is 110 Å². The van der Waals surface area contributed by atoms with Gasteiger partial charge in [0.1, 0.15) is 17.5 Å². The van der Waals surface area contributed by atoms with Crippen LogP contribution in [-0.2, 0) is 33.6 Å². The fourth-order valence-corrected chi connectivity index (χ4v) is 6.61. The number of rotatable bonds is 11. The Bertz CT molecular complexity index is 1400. The Morgan fingerprint density at radius 2 is 1.93 bits per heavy atom. The number of nitrogens with zero attached hydrogens (tertiary/aromatic N) is 2. The molecule has 45 heavy (non-hydrogen) atoms. The number of unbranched alkanes of at least 4 members (excludes halogenated alkanes) is 1. The number of H-pyrrole nitrogens is 1. The van der Waals surface area contributed by atoms with Gasteiger partial charge in [0, 0.05) is 36.6 Å². The molecule has 247 valence electrons. The first-order valence-corrected chi connectivity index (χ1v) is 16.1. The van der Waals surface area contributed by atoms with E-state index in [1.807, 2.05) is 31.4 Å². The number of carbonyl (C=O) groups excluding carboxylic acids is 2. The Balaban J connectivity index is 0.000000245. The molecule has 5 atom stereocenters. The van der Waals surface area contributed by atoms with Gasteiger partial charge in [0.2, 0.25) is 5.91 Å². The summed E-state index contributed by atoms with van der Waals surface area (Å²) >= 11 is 0. The SMILES string of the molecule is CCC1CCN(C(=O)[C@@H](NC(=O)O)C(C)(C)C)C1[C-]=O.COc1ccc2nc(C3(CCCCC4CC4C)CC3)c(=O)[nH]c2c1.[V]. The zero-order chi connectivity index (χ0) is 32.2. The second-order valence-electron chi connectivity index (χ2n) is 14.1. The summed E-state index contributed by atoms with van der Waals surface area (Å²) in [6.07, 6.45) is 10.8. The maximum atomic E-state index is 12.6. The van der Waals surface area contributed by atoms with E-state index in [9.17, 15) is 19.2 Å². The van der Waals surface area contributed by atoms with Crippen LogP contribution < -0.4 is 15.6 Å². The van der Waals surface area contributed by atoms with Gasteiger partial charge in [0.15, 0.2) is 0 Å². The maximum absolute atomic E-state index is 12.6. The number of likely N-dealkylation sites (tertiary alicyclic amines) is 1. The van der Waals surface area contributed by atoms with E-state index < -0.39 is 23.6 Å². The fourth-order valence-electron chi connectivity index (χ4n) is 6.61. The molecule has 10 nitrogen and oxygen atoms in total. The van der Waals surface area contributed by atoms with Crippen LogP contribution in [0.5, 0.6) is 5.75 Å². The van der Waals surface area contributed by atoms with Crippen molar-refractivity contribution < 1.29 is 42.8 Å². The first-order chi connectivity index (χ1) is 20.8. The van der Waals surface area contributed by atoms with Gasteiger partial charge in [-0.25, -0.2) is 16.1 Å². The average molecular weight is 661 g/mol. The van der Waals surface area contributed by atoms with Crippen molar-refractivity contribution in [2.75, 3.05) is 13.7 Å². The summed E-state index contributed by atoms with van der Waals surface area (Å²) in [6, 6.07) is 4.23. The van der Waals surface area contributed by atoms with Crippen LogP contribution in [0.4, 0.5) is 4.79 Å². The molecule has 0 spiro atoms. The summed E-state index contributed by atoms with van der Waals surface area (Å²) in [5.41, 5.74) is 1.80. The quantitative estimate of drug-likeness (QED) is 0.211. The van der Waals surface area contributed by atoms with Crippen LogP contribution in [0, 0.1) is 23.2 Å². The predicted octanol–water partition coefficient (Wildman–Crippen LogP) is 5.58. The topological polar surface area (TPSA) is 142 Å². The van der Waals surface area contributed by atoms with Crippen LogP contribution >= 0.6 is 0 Å². The van der Waals surface area contributed by atoms with E-state index in [4.69, 9.17) is 14.8 Å². The number of nitrogens with one attached hydrogen (secondary N) is 2. The van der Waals surface area contributed by atoms with E-state index in [-0.39, 0.29) is 41.4 Å². The zero-order valence-corrected chi connectivity index (χ0v) is 28.9. The van der Waals surface area contributed by atoms with Gasteiger partial charge in [-0.3, -0.25) is 9.59 Å². The van der Waals surface area contributed by atoms with E-state index in [0.717, 1.165) is 66.4 Å². The van der Waals surface area contributed by atoms with E-state index in [1.165, 1.54) is 30.6 Å². The minimum Gasteiger partial charge on any atom is -0.540 e. The van der Waals surface area contributed by atoms with Crippen molar-refractivity contribution in [3.05, 3.63) is 34.2 Å². The standard InChI is InChI=1S/C20H26N2O2.C14H23N2O4.V/c1-13-11-14(13)5-3-4-8-20(9-10-20)18-19(23)22-17-12-15(24-2)6-7-16(17)21-18;1-5-9-6-7-16(10(9)8-17)12(18)11(14(2,3)4)15-13(19)20;/h6-7,12-14H,3-5,8-11H2,1-2H3,(H,22,23);9-11,15H,5-7H2,1-4H3,(H,19,20);/q;-1;/t;9?,10?,11-;/m.1./s1. The van der Waals surface area contributed by atoms with Gasteiger partial charge < -0.3 is 29.8 Å². The number of hydrogen-bond donors (Lipinski definition) is 3. The predicted molar refractivity (Wildman–Crippen MR) is 170 cm³/mol. The molecule has 11 heteroatoms. The maximum Gasteiger partial charge on any atom is 0.405 e. The van der Waals surface area contributed by atoms with Crippen molar-refractivity contribution in [1.82, 2.24) is 20.2 Å². The normalized spacial score (nSPS) is 23.6. The summed E-state index contributed by atoms with van der Waals surface area (Å²) in [5, 5.41) is 11.2. The first-order valence-electron chi connectivity index (χ1n) is 16.1. The van der Waals surface area contributed by atoms with Gasteiger partial charge in [-0.2, -0.15) is 0 Å². The first kappa shape index (κ1) is 36.6. The molecule has 1 aromatic carbocycles. The Hall–Kier alpha value is -2.85. The van der Waals surface area contributed by atoms with Crippen molar-refractivity contribution in [3.63, 3.8) is 0 Å². The molecule has 4 unspecified atom stereocenters. The number of amides is 2. The van der Waals surface area contributed by atoms with Crippen LogP contribution in [0.25, 0.3) is 11.0 Å². The molecule has 0 bridgehead atoms. The third-order valence-electron chi connectivity index (χ3n) is 9.84. The summed E-state index contributed by atoms with van der Waals surface area (Å²) in [4.78, 5) is 56.3. The van der Waals surface area contributed by atoms with Gasteiger partial charge >= 0.3 is 6.09 Å². The van der Waals surface area contributed by atoms with Crippen LogP contribution in [0.2, 0.25) is 0 Å². The van der Waals surface area contributed by atoms with Crippen molar-refractivity contribution in [1.29, 1.82) is 0 Å². The third kappa shape index (κ3) is 8.91. The molecule has 5 rings (SSSR count). The Kier molecular flexibility index (Phi) is 12.3. The average Bonchev–Trinajstić information content (AvgIpc) is 3.87. The van der Waals surface area contributed by atoms with E-state index in [2.05, 4.69) is 17.2 Å². The molecule has 3 fully saturated rings. The van der Waals surface area contributed by atoms with Crippen LogP contribution in [-0.4, -0.2) is 64.0 Å². The van der Waals surface area contributed by atoms with Gasteiger partial charge in [0.05, 0.1) is 18.1 Å². The van der Waals surface area contributed by atoms with Crippen molar-refractivity contribution in [2.24, 2.45) is 23.2 Å². The smallest absolute Gasteiger partial charge is 0.405 e. The number of benzene rings is 1. The summed E-state index contributed by atoms with van der Waals surface area (Å²) in [6.45, 7) is 10.2. The van der Waals surface area contributed by atoms with Crippen molar-refractivity contribution in [3.8, 4) is 5.75 Å². The third-order valence-corrected chi connectivity index (χ3v) is 9.84. The van der Waals surface area contributed by atoms with E-state index >= 15 is 0 Å². The van der Waals surface area contributed by atoms with Gasteiger partial charge in [0.25, 0.3) is 5.56 Å². The molecule has 3 aliphatic rings. The summed E-state index contributed by atoms with van der Waals surface area (Å²) < 4.78 is 5.22. The zero-order valence-electron chi connectivity index (χ0n) is 27.5. The largest absolute Gasteiger partial charge is 0.540 e. The molecule has 1 saturated heterocycles. The minimum absolute atomic E-state index is 0. The number of carbonyl (C=O) groups is 2. The number of aromatic amines is 1. The molecular formula is C34H49N4O6V-. The second-order valence-corrected chi connectivity index (χ2v) is 14.1. The molecule has 3 N–H and O–H groups in total. The number of aromatic nitrogens is 2. The minimum atomic E-state index is -1.24. The molecular weight excluding hydrogens is 611 g/mol. The number of fused-ring (bicyclic) bond motifs is 1. The number of methoxy groups -OCH3 is 1. The Morgan fingerprint density at radius 3 is 2.47 bits per heavy atom. The summed E-state index contributed by atoms with van der Waals surface area (Å²) in [7, 11) is 1.63. The Morgan fingerprint density at radius 1 is 1.24 bits per heavy atom. The number of ether oxygens (including phenoxy) is 1. The van der Waals surface area contributed by atoms with E-state index in [1.54, 1.807) is 27.9 Å². The van der Waals surface area contributed by atoms with Gasteiger partial charge in [-0.05, 0) is 67.4 Å².